The Kier molecular flexibility index (Phi) is 6.09. The van der Waals surface area contributed by atoms with Crippen LogP contribution in [0.25, 0.3) is 0 Å². The lowest BCUT2D eigenvalue weighted by molar-refractivity contribution is -0.120. The summed E-state index contributed by atoms with van der Waals surface area (Å²) in [5, 5.41) is 15.4. The molecular formula is C24H17Cl2N3O4. The molecule has 3 aromatic rings. The third-order valence-electron chi connectivity index (χ3n) is 5.01. The van der Waals surface area contributed by atoms with Crippen LogP contribution in [0.4, 0.5) is 17.1 Å². The summed E-state index contributed by atoms with van der Waals surface area (Å²) in [7, 11) is 0. The third kappa shape index (κ3) is 4.41. The number of hydrogen-bond donors (Lipinski definition) is 3. The van der Waals surface area contributed by atoms with Crippen molar-refractivity contribution in [1.82, 2.24) is 0 Å². The van der Waals surface area contributed by atoms with E-state index in [0.29, 0.717) is 27.5 Å². The highest BCUT2D eigenvalue weighted by Gasteiger charge is 2.39. The SMILES string of the molecule is Cc1ccc(Cl)cc1N1C(=O)C(Cl)=C(Nc2ccc(C(=O)Nc3ccccc3O)cc2)C1=O. The zero-order chi connectivity index (χ0) is 23.7. The van der Waals surface area contributed by atoms with Gasteiger partial charge in [-0.25, -0.2) is 4.90 Å². The van der Waals surface area contributed by atoms with E-state index in [4.69, 9.17) is 23.2 Å². The molecule has 3 N–H and O–H groups in total. The van der Waals surface area contributed by atoms with Crippen molar-refractivity contribution >= 4 is 58.0 Å². The van der Waals surface area contributed by atoms with E-state index in [2.05, 4.69) is 10.6 Å². The zero-order valence-corrected chi connectivity index (χ0v) is 18.7. The number of nitrogens with zero attached hydrogens (tertiary/aromatic N) is 1. The van der Waals surface area contributed by atoms with Crippen LogP contribution in [-0.2, 0) is 9.59 Å². The summed E-state index contributed by atoms with van der Waals surface area (Å²) in [5.41, 5.74) is 2.03. The Labute approximate surface area is 199 Å². The number of phenols is 1. The van der Waals surface area contributed by atoms with Crippen LogP contribution >= 0.6 is 23.2 Å². The quantitative estimate of drug-likeness (QED) is 0.350. The van der Waals surface area contributed by atoms with Crippen LogP contribution in [0.3, 0.4) is 0 Å². The summed E-state index contributed by atoms with van der Waals surface area (Å²) in [4.78, 5) is 39.1. The molecule has 166 valence electrons. The number of benzene rings is 3. The number of hydrogen-bond acceptors (Lipinski definition) is 5. The van der Waals surface area contributed by atoms with Gasteiger partial charge in [-0.3, -0.25) is 14.4 Å². The number of amides is 3. The van der Waals surface area contributed by atoms with E-state index in [1.165, 1.54) is 24.3 Å². The minimum atomic E-state index is -0.659. The fourth-order valence-electron chi connectivity index (χ4n) is 3.28. The highest BCUT2D eigenvalue weighted by Crippen LogP contribution is 2.33. The second-order valence-electron chi connectivity index (χ2n) is 7.24. The van der Waals surface area contributed by atoms with Gasteiger partial charge in [0.15, 0.2) is 0 Å². The average molecular weight is 482 g/mol. The Morgan fingerprint density at radius 2 is 1.64 bits per heavy atom. The number of carbonyl (C=O) groups excluding carboxylic acids is 3. The number of aromatic hydroxyl groups is 1. The number of nitrogens with one attached hydrogen (secondary N) is 2. The molecule has 33 heavy (non-hydrogen) atoms. The molecule has 1 heterocycles. The monoisotopic (exact) mass is 481 g/mol. The standard InChI is InChI=1S/C24H17Cl2N3O4/c1-13-6-9-15(25)12-18(13)29-23(32)20(26)21(24(29)33)27-16-10-7-14(8-11-16)22(31)28-17-4-2-3-5-19(17)30/h2-12,27,30H,1H3,(H,28,31). The second kappa shape index (κ2) is 8.97. The van der Waals surface area contributed by atoms with Gasteiger partial charge in [0.05, 0.1) is 11.4 Å². The van der Waals surface area contributed by atoms with Gasteiger partial charge >= 0.3 is 0 Å². The Morgan fingerprint density at radius 1 is 0.939 bits per heavy atom. The van der Waals surface area contributed by atoms with Gasteiger partial charge in [0, 0.05) is 16.3 Å². The number of carbonyl (C=O) groups is 3. The molecule has 1 aliphatic heterocycles. The fourth-order valence-corrected chi connectivity index (χ4v) is 3.66. The molecule has 0 fully saturated rings. The maximum absolute atomic E-state index is 13.0. The number of para-hydroxylation sites is 2. The van der Waals surface area contributed by atoms with Crippen molar-refractivity contribution in [2.24, 2.45) is 0 Å². The number of phenolic OH excluding ortho intramolecular Hbond substituents is 1. The summed E-state index contributed by atoms with van der Waals surface area (Å²) in [6.45, 7) is 1.75. The highest BCUT2D eigenvalue weighted by atomic mass is 35.5. The predicted octanol–water partition coefficient (Wildman–Crippen LogP) is 5.04. The first-order valence-electron chi connectivity index (χ1n) is 9.77. The first-order valence-corrected chi connectivity index (χ1v) is 10.5. The van der Waals surface area contributed by atoms with Crippen molar-refractivity contribution in [3.8, 4) is 5.75 Å². The molecule has 1 aliphatic rings. The number of halogens is 2. The van der Waals surface area contributed by atoms with Gasteiger partial charge in [0.2, 0.25) is 0 Å². The molecule has 4 rings (SSSR count). The molecule has 0 aromatic heterocycles. The molecule has 0 saturated carbocycles. The Morgan fingerprint density at radius 3 is 2.33 bits per heavy atom. The second-order valence-corrected chi connectivity index (χ2v) is 8.05. The topological polar surface area (TPSA) is 98.7 Å². The van der Waals surface area contributed by atoms with Crippen molar-refractivity contribution in [1.29, 1.82) is 0 Å². The van der Waals surface area contributed by atoms with Crippen LogP contribution in [0.2, 0.25) is 5.02 Å². The van der Waals surface area contributed by atoms with E-state index >= 15 is 0 Å². The van der Waals surface area contributed by atoms with Gasteiger partial charge in [0.25, 0.3) is 17.7 Å². The fraction of sp³-hybridized carbons (Fsp3) is 0.0417. The van der Waals surface area contributed by atoms with Gasteiger partial charge < -0.3 is 15.7 Å². The summed E-state index contributed by atoms with van der Waals surface area (Å²) in [6.07, 6.45) is 0. The predicted molar refractivity (Wildman–Crippen MR) is 128 cm³/mol. The van der Waals surface area contributed by atoms with Crippen LogP contribution in [0.15, 0.2) is 77.5 Å². The molecule has 0 unspecified atom stereocenters. The van der Waals surface area contributed by atoms with E-state index < -0.39 is 17.7 Å². The number of anilines is 3. The zero-order valence-electron chi connectivity index (χ0n) is 17.2. The van der Waals surface area contributed by atoms with Gasteiger partial charge in [-0.2, -0.15) is 0 Å². The minimum Gasteiger partial charge on any atom is -0.506 e. The maximum atomic E-state index is 13.0. The third-order valence-corrected chi connectivity index (χ3v) is 5.59. The van der Waals surface area contributed by atoms with Crippen molar-refractivity contribution < 1.29 is 19.5 Å². The lowest BCUT2D eigenvalue weighted by Gasteiger charge is -2.17. The molecule has 3 aromatic carbocycles. The van der Waals surface area contributed by atoms with Crippen LogP contribution in [0.1, 0.15) is 15.9 Å². The van der Waals surface area contributed by atoms with Crippen molar-refractivity contribution in [3.63, 3.8) is 0 Å². The highest BCUT2D eigenvalue weighted by molar-refractivity contribution is 6.53. The summed E-state index contributed by atoms with van der Waals surface area (Å²) in [5.74, 6) is -1.74. The lowest BCUT2D eigenvalue weighted by atomic mass is 10.1. The minimum absolute atomic E-state index is 0.0466. The molecule has 0 radical (unpaired) electrons. The summed E-state index contributed by atoms with van der Waals surface area (Å²) < 4.78 is 0. The Hall–Kier alpha value is -3.81. The Balaban J connectivity index is 1.51. The van der Waals surface area contributed by atoms with E-state index in [1.54, 1.807) is 49.4 Å². The van der Waals surface area contributed by atoms with Crippen molar-refractivity contribution in [2.45, 2.75) is 6.92 Å². The van der Waals surface area contributed by atoms with Gasteiger partial charge in [-0.1, -0.05) is 41.4 Å². The number of imide groups is 1. The van der Waals surface area contributed by atoms with Crippen LogP contribution in [-0.4, -0.2) is 22.8 Å². The molecule has 0 aliphatic carbocycles. The van der Waals surface area contributed by atoms with Crippen LogP contribution in [0.5, 0.6) is 5.75 Å². The van der Waals surface area contributed by atoms with E-state index in [1.807, 2.05) is 0 Å². The first-order chi connectivity index (χ1) is 15.8. The number of aryl methyl sites for hydroxylation is 1. The van der Waals surface area contributed by atoms with Crippen molar-refractivity contribution in [2.75, 3.05) is 15.5 Å². The van der Waals surface area contributed by atoms with Gasteiger partial charge in [-0.05, 0) is 61.0 Å². The summed E-state index contributed by atoms with van der Waals surface area (Å²) in [6, 6.07) is 17.5. The normalized spacial score (nSPS) is 13.5. The molecule has 7 nitrogen and oxygen atoms in total. The molecule has 0 saturated heterocycles. The number of rotatable bonds is 5. The Bertz CT molecular complexity index is 1320. The lowest BCUT2D eigenvalue weighted by Crippen LogP contribution is -2.32. The largest absolute Gasteiger partial charge is 0.506 e. The van der Waals surface area contributed by atoms with Crippen LogP contribution < -0.4 is 15.5 Å². The molecule has 0 bridgehead atoms. The first kappa shape index (κ1) is 22.4. The molecular weight excluding hydrogens is 465 g/mol. The van der Waals surface area contributed by atoms with E-state index in [0.717, 1.165) is 4.90 Å². The average Bonchev–Trinajstić information content (AvgIpc) is 3.00. The van der Waals surface area contributed by atoms with Gasteiger partial charge in [-0.15, -0.1) is 0 Å². The molecule has 0 atom stereocenters. The van der Waals surface area contributed by atoms with Crippen LogP contribution in [0, 0.1) is 6.92 Å². The molecule has 9 heteroatoms. The summed E-state index contributed by atoms with van der Waals surface area (Å²) >= 11 is 12.2. The van der Waals surface area contributed by atoms with Crippen molar-refractivity contribution in [3.05, 3.63) is 93.6 Å². The smallest absolute Gasteiger partial charge is 0.283 e. The maximum Gasteiger partial charge on any atom is 0.283 e. The molecule has 3 amide bonds. The van der Waals surface area contributed by atoms with E-state index in [9.17, 15) is 19.5 Å². The molecule has 0 spiro atoms. The van der Waals surface area contributed by atoms with E-state index in [-0.39, 0.29) is 22.2 Å². The van der Waals surface area contributed by atoms with Gasteiger partial charge in [0.1, 0.15) is 16.5 Å².